The van der Waals surface area contributed by atoms with E-state index in [4.69, 9.17) is 11.6 Å². The average Bonchev–Trinajstić information content (AvgIpc) is 1.59. The molecule has 0 unspecified atom stereocenters. The van der Waals surface area contributed by atoms with Crippen molar-refractivity contribution in [2.45, 2.75) is 6.42 Å². The number of halogens is 1. The minimum absolute atomic E-state index is 0.0938. The molecule has 4 heteroatoms. The molecule has 0 aliphatic carbocycles. The highest BCUT2D eigenvalue weighted by atomic mass is 35.5. The second kappa shape index (κ2) is 3.30. The zero-order valence-electron chi connectivity index (χ0n) is 4.43. The Bertz CT molecular complexity index is 138. The summed E-state index contributed by atoms with van der Waals surface area (Å²) in [7, 11) is -3.02. The lowest BCUT2D eigenvalue weighted by atomic mass is 10.6. The van der Waals surface area contributed by atoms with Gasteiger partial charge >= 0.3 is 0 Å². The lowest BCUT2D eigenvalue weighted by molar-refractivity contribution is 0.603. The first-order chi connectivity index (χ1) is 3.56. The van der Waals surface area contributed by atoms with Crippen LogP contribution in [0.25, 0.3) is 0 Å². The maximum absolute atomic E-state index is 10.2. The molecule has 8 heavy (non-hydrogen) atoms. The highest BCUT2D eigenvalue weighted by Crippen LogP contribution is 1.91. The molecule has 0 aromatic carbocycles. The molecule has 0 heterocycles. The number of sulfone groups is 1. The van der Waals surface area contributed by atoms with Crippen molar-refractivity contribution in [3.63, 3.8) is 0 Å². The first kappa shape index (κ1) is 8.24. The Kier molecular flexibility index (Phi) is 3.40. The molecule has 0 aromatic rings. The lowest BCUT2D eigenvalue weighted by Crippen LogP contribution is -2.00. The standard InChI is InChI=1S/C4H8ClO2S/c1-8(6,7)4-2-3-5/h1-4H2. The first-order valence-corrected chi connectivity index (χ1v) is 4.53. The molecule has 0 bridgehead atoms. The van der Waals surface area contributed by atoms with Crippen molar-refractivity contribution >= 4 is 21.4 Å². The molecule has 0 amide bonds. The predicted molar refractivity (Wildman–Crippen MR) is 34.5 cm³/mol. The second-order valence-corrected chi connectivity index (χ2v) is 3.76. The average molecular weight is 156 g/mol. The van der Waals surface area contributed by atoms with Gasteiger partial charge in [-0.15, -0.1) is 11.6 Å². The zero-order chi connectivity index (χ0) is 6.62. The van der Waals surface area contributed by atoms with E-state index in [2.05, 4.69) is 6.26 Å². The second-order valence-electron chi connectivity index (χ2n) is 1.49. The van der Waals surface area contributed by atoms with Gasteiger partial charge in [0.1, 0.15) is 0 Å². The quantitative estimate of drug-likeness (QED) is 0.566. The van der Waals surface area contributed by atoms with Crippen LogP contribution < -0.4 is 0 Å². The van der Waals surface area contributed by atoms with Gasteiger partial charge in [-0.3, -0.25) is 0 Å². The molecule has 0 spiro atoms. The summed E-state index contributed by atoms with van der Waals surface area (Å²) in [6, 6.07) is 0. The van der Waals surface area contributed by atoms with Crippen LogP contribution in [0.1, 0.15) is 6.42 Å². The maximum atomic E-state index is 10.2. The van der Waals surface area contributed by atoms with Crippen molar-refractivity contribution in [3.05, 3.63) is 6.26 Å². The SMILES string of the molecule is [CH2]S(=O)(=O)CCCCl. The van der Waals surface area contributed by atoms with Gasteiger partial charge in [0.2, 0.25) is 0 Å². The number of rotatable bonds is 3. The van der Waals surface area contributed by atoms with Crippen LogP contribution in [0.15, 0.2) is 0 Å². The molecule has 0 rings (SSSR count). The van der Waals surface area contributed by atoms with Crippen molar-refractivity contribution in [1.29, 1.82) is 0 Å². The van der Waals surface area contributed by atoms with Gasteiger partial charge < -0.3 is 0 Å². The maximum Gasteiger partial charge on any atom is 0.151 e. The van der Waals surface area contributed by atoms with Gasteiger partial charge in [-0.25, -0.2) is 8.42 Å². The van der Waals surface area contributed by atoms with Gasteiger partial charge in [-0.05, 0) is 6.42 Å². The Hall–Kier alpha value is 0.240. The van der Waals surface area contributed by atoms with Crippen molar-refractivity contribution in [1.82, 2.24) is 0 Å². The van der Waals surface area contributed by atoms with Gasteiger partial charge in [0.15, 0.2) is 9.84 Å². The fourth-order valence-electron chi connectivity index (χ4n) is 0.274. The summed E-state index contributed by atoms with van der Waals surface area (Å²) in [4.78, 5) is 0. The van der Waals surface area contributed by atoms with Crippen LogP contribution in [0.3, 0.4) is 0 Å². The van der Waals surface area contributed by atoms with E-state index in [9.17, 15) is 8.42 Å². The van der Waals surface area contributed by atoms with Crippen LogP contribution in [0.2, 0.25) is 0 Å². The zero-order valence-corrected chi connectivity index (χ0v) is 6.00. The van der Waals surface area contributed by atoms with E-state index in [-0.39, 0.29) is 5.75 Å². The molecule has 0 aliphatic heterocycles. The smallest absolute Gasteiger partial charge is 0.151 e. The monoisotopic (exact) mass is 155 g/mol. The molecule has 0 fully saturated rings. The van der Waals surface area contributed by atoms with Crippen LogP contribution >= 0.6 is 11.6 Å². The van der Waals surface area contributed by atoms with Gasteiger partial charge in [0.05, 0.1) is 12.0 Å². The third-order valence-corrected chi connectivity index (χ3v) is 1.77. The normalized spacial score (nSPS) is 11.8. The summed E-state index contributed by atoms with van der Waals surface area (Å²) in [6.45, 7) is 0. The minimum atomic E-state index is -3.02. The van der Waals surface area contributed by atoms with Crippen molar-refractivity contribution in [3.8, 4) is 0 Å². The highest BCUT2D eigenvalue weighted by molar-refractivity contribution is 7.92. The van der Waals surface area contributed by atoms with E-state index in [0.717, 1.165) is 0 Å². The van der Waals surface area contributed by atoms with E-state index in [1.54, 1.807) is 0 Å². The van der Waals surface area contributed by atoms with Gasteiger partial charge in [0.25, 0.3) is 0 Å². The lowest BCUT2D eigenvalue weighted by Gasteiger charge is -1.90. The van der Waals surface area contributed by atoms with Crippen LogP contribution in [-0.2, 0) is 9.84 Å². The van der Waals surface area contributed by atoms with E-state index in [0.29, 0.717) is 12.3 Å². The molecule has 0 N–H and O–H groups in total. The first-order valence-electron chi connectivity index (χ1n) is 2.18. The number of hydrogen-bond acceptors (Lipinski definition) is 2. The summed E-state index contributed by atoms with van der Waals surface area (Å²) in [5, 5.41) is 0. The largest absolute Gasteiger partial charge is 0.229 e. The molecule has 49 valence electrons. The van der Waals surface area contributed by atoms with Crippen LogP contribution in [-0.4, -0.2) is 20.1 Å². The fourth-order valence-corrected chi connectivity index (χ4v) is 1.15. The molecule has 1 radical (unpaired) electrons. The summed E-state index contributed by atoms with van der Waals surface area (Å²) >= 11 is 5.22. The third-order valence-electron chi connectivity index (χ3n) is 0.589. The molecular weight excluding hydrogens is 148 g/mol. The predicted octanol–water partition coefficient (Wildman–Crippen LogP) is 0.822. The Morgan fingerprint density at radius 1 is 1.50 bits per heavy atom. The highest BCUT2D eigenvalue weighted by Gasteiger charge is 1.98. The molecule has 0 aromatic heterocycles. The van der Waals surface area contributed by atoms with E-state index in [1.165, 1.54) is 0 Å². The van der Waals surface area contributed by atoms with Crippen molar-refractivity contribution < 1.29 is 8.42 Å². The molecule has 0 atom stereocenters. The van der Waals surface area contributed by atoms with E-state index >= 15 is 0 Å². The van der Waals surface area contributed by atoms with Gasteiger partial charge in [-0.1, -0.05) is 0 Å². The van der Waals surface area contributed by atoms with E-state index in [1.807, 2.05) is 0 Å². The Morgan fingerprint density at radius 3 is 2.12 bits per heavy atom. The Balaban J connectivity index is 3.42. The number of hydrogen-bond donors (Lipinski definition) is 0. The van der Waals surface area contributed by atoms with Crippen LogP contribution in [0.5, 0.6) is 0 Å². The number of alkyl halides is 1. The molecular formula is C4H8ClO2S. The Morgan fingerprint density at radius 2 is 2.00 bits per heavy atom. The minimum Gasteiger partial charge on any atom is -0.229 e. The van der Waals surface area contributed by atoms with Gasteiger partial charge in [-0.2, -0.15) is 0 Å². The topological polar surface area (TPSA) is 34.1 Å². The summed E-state index contributed by atoms with van der Waals surface area (Å²) in [5.41, 5.74) is 0. The van der Waals surface area contributed by atoms with Gasteiger partial charge in [0, 0.05) is 5.88 Å². The Labute approximate surface area is 54.8 Å². The summed E-state index contributed by atoms with van der Waals surface area (Å²) in [5.74, 6) is 0.477. The molecule has 0 aliphatic rings. The molecule has 0 saturated heterocycles. The molecule has 0 saturated carbocycles. The third kappa shape index (κ3) is 6.24. The van der Waals surface area contributed by atoms with Crippen LogP contribution in [0.4, 0.5) is 0 Å². The van der Waals surface area contributed by atoms with E-state index < -0.39 is 9.84 Å². The van der Waals surface area contributed by atoms with Crippen LogP contribution in [0, 0.1) is 6.26 Å². The summed E-state index contributed by atoms with van der Waals surface area (Å²) in [6.07, 6.45) is 3.41. The summed E-state index contributed by atoms with van der Waals surface area (Å²) < 4.78 is 20.4. The fraction of sp³-hybridized carbons (Fsp3) is 0.750. The molecule has 2 nitrogen and oxygen atoms in total. The van der Waals surface area contributed by atoms with Crippen molar-refractivity contribution in [2.24, 2.45) is 0 Å². The van der Waals surface area contributed by atoms with Crippen molar-refractivity contribution in [2.75, 3.05) is 11.6 Å².